The van der Waals surface area contributed by atoms with Gasteiger partial charge in [0.2, 0.25) is 0 Å². The molecule has 4 aromatic rings. The number of carbonyl (C=O) groups is 1. The quantitative estimate of drug-likeness (QED) is 0.416. The highest BCUT2D eigenvalue weighted by Gasteiger charge is 2.15. The number of carboxylic acid groups (broad SMARTS) is 1. The Morgan fingerprint density at radius 2 is 1.65 bits per heavy atom. The highest BCUT2D eigenvalue weighted by molar-refractivity contribution is 7.92. The summed E-state index contributed by atoms with van der Waals surface area (Å²) in [5.41, 5.74) is 4.38. The molecule has 0 spiro atoms. The topological polar surface area (TPSA) is 96.4 Å². The molecule has 0 bridgehead atoms. The molecule has 6 nitrogen and oxygen atoms in total. The fraction of sp³-hybridized carbons (Fsp3) is 0.0435. The van der Waals surface area contributed by atoms with Crippen molar-refractivity contribution >= 4 is 33.0 Å². The molecule has 0 aliphatic heterocycles. The van der Waals surface area contributed by atoms with Crippen LogP contribution in [0.25, 0.3) is 21.8 Å². The monoisotopic (exact) mass is 450 g/mol. The zero-order chi connectivity index (χ0) is 22.0. The first kappa shape index (κ1) is 20.8. The molecule has 0 atom stereocenters. The van der Waals surface area contributed by atoms with E-state index in [4.69, 9.17) is 10.1 Å². The Kier molecular flexibility index (Phi) is 5.58. The Morgan fingerprint density at radius 1 is 0.968 bits per heavy atom. The zero-order valence-corrected chi connectivity index (χ0v) is 18.1. The molecule has 8 heteroatoms. The number of aromatic nitrogens is 1. The van der Waals surface area contributed by atoms with E-state index in [9.17, 15) is 13.2 Å². The van der Waals surface area contributed by atoms with Crippen LogP contribution in [0.15, 0.2) is 83.1 Å². The summed E-state index contributed by atoms with van der Waals surface area (Å²) >= 11 is 1.56. The van der Waals surface area contributed by atoms with Crippen molar-refractivity contribution in [1.82, 2.24) is 4.98 Å². The second kappa shape index (κ2) is 8.33. The molecular weight excluding hydrogens is 432 g/mol. The van der Waals surface area contributed by atoms with Gasteiger partial charge in [0, 0.05) is 22.2 Å². The van der Waals surface area contributed by atoms with Crippen molar-refractivity contribution in [3.05, 3.63) is 89.3 Å². The van der Waals surface area contributed by atoms with Crippen molar-refractivity contribution in [3.8, 4) is 21.8 Å². The van der Waals surface area contributed by atoms with Crippen molar-refractivity contribution in [2.45, 2.75) is 11.8 Å². The third-order valence-electron chi connectivity index (χ3n) is 4.72. The number of thiazole rings is 1. The number of nitrogens with one attached hydrogen (secondary N) is 1. The van der Waals surface area contributed by atoms with Gasteiger partial charge >= 0.3 is 5.97 Å². The summed E-state index contributed by atoms with van der Waals surface area (Å²) < 4.78 is 27.6. The highest BCUT2D eigenvalue weighted by atomic mass is 32.2. The Labute approximate surface area is 183 Å². The number of sulfonamides is 1. The molecule has 0 fully saturated rings. The van der Waals surface area contributed by atoms with Crippen LogP contribution in [0.2, 0.25) is 0 Å². The van der Waals surface area contributed by atoms with Crippen LogP contribution in [0, 0.1) is 6.92 Å². The van der Waals surface area contributed by atoms with Gasteiger partial charge < -0.3 is 5.11 Å². The molecule has 0 saturated carbocycles. The molecule has 0 saturated heterocycles. The Balaban J connectivity index is 1.52. The van der Waals surface area contributed by atoms with Gasteiger partial charge in [-0.05, 0) is 48.9 Å². The Hall–Kier alpha value is -3.49. The predicted molar refractivity (Wildman–Crippen MR) is 122 cm³/mol. The molecule has 3 aromatic carbocycles. The number of hydrogen-bond donors (Lipinski definition) is 2. The average molecular weight is 451 g/mol. The van der Waals surface area contributed by atoms with Gasteiger partial charge in [-0.25, -0.2) is 18.2 Å². The largest absolute Gasteiger partial charge is 0.478 e. The van der Waals surface area contributed by atoms with E-state index in [2.05, 4.69) is 4.72 Å². The number of carboxylic acids is 1. The first-order valence-corrected chi connectivity index (χ1v) is 11.7. The zero-order valence-electron chi connectivity index (χ0n) is 16.4. The van der Waals surface area contributed by atoms with Crippen molar-refractivity contribution < 1.29 is 18.3 Å². The van der Waals surface area contributed by atoms with E-state index in [1.54, 1.807) is 23.5 Å². The fourth-order valence-electron chi connectivity index (χ4n) is 3.04. The van der Waals surface area contributed by atoms with Crippen molar-refractivity contribution in [2.75, 3.05) is 4.72 Å². The molecule has 1 aromatic heterocycles. The summed E-state index contributed by atoms with van der Waals surface area (Å²) in [6, 6.07) is 20.1. The number of aryl methyl sites for hydroxylation is 1. The number of rotatable bonds is 6. The van der Waals surface area contributed by atoms with Crippen LogP contribution in [-0.4, -0.2) is 24.5 Å². The fourth-order valence-corrected chi connectivity index (χ4v) is 5.02. The second-order valence-corrected chi connectivity index (χ2v) is 9.41. The smallest absolute Gasteiger partial charge is 0.335 e. The van der Waals surface area contributed by atoms with Crippen LogP contribution in [0.5, 0.6) is 0 Å². The minimum Gasteiger partial charge on any atom is -0.478 e. The molecule has 0 radical (unpaired) electrons. The average Bonchev–Trinajstić information content (AvgIpc) is 3.24. The van der Waals surface area contributed by atoms with Crippen LogP contribution in [-0.2, 0) is 10.0 Å². The van der Waals surface area contributed by atoms with E-state index in [1.165, 1.54) is 24.3 Å². The van der Waals surface area contributed by atoms with Crippen LogP contribution in [0.3, 0.4) is 0 Å². The summed E-state index contributed by atoms with van der Waals surface area (Å²) in [5, 5.41) is 11.9. The minimum absolute atomic E-state index is 0.0102. The van der Waals surface area contributed by atoms with Gasteiger partial charge in [-0.2, -0.15) is 0 Å². The maximum Gasteiger partial charge on any atom is 0.335 e. The van der Waals surface area contributed by atoms with Gasteiger partial charge in [-0.3, -0.25) is 4.72 Å². The van der Waals surface area contributed by atoms with E-state index >= 15 is 0 Å². The van der Waals surface area contributed by atoms with E-state index in [0.717, 1.165) is 27.4 Å². The molecule has 1 heterocycles. The third-order valence-corrected chi connectivity index (χ3v) is 7.00. The summed E-state index contributed by atoms with van der Waals surface area (Å²) in [7, 11) is -3.83. The van der Waals surface area contributed by atoms with Crippen LogP contribution >= 0.6 is 11.3 Å². The lowest BCUT2D eigenvalue weighted by atomic mass is 10.1. The Bertz CT molecular complexity index is 1340. The third kappa shape index (κ3) is 4.50. The molecule has 0 amide bonds. The predicted octanol–water partition coefficient (Wildman–Crippen LogP) is 5.28. The molecule has 0 aliphatic rings. The Morgan fingerprint density at radius 3 is 2.29 bits per heavy atom. The van der Waals surface area contributed by atoms with Crippen molar-refractivity contribution in [2.24, 2.45) is 0 Å². The number of aromatic carboxylic acids is 1. The number of anilines is 1. The van der Waals surface area contributed by atoms with Gasteiger partial charge in [-0.15, -0.1) is 11.3 Å². The van der Waals surface area contributed by atoms with Crippen molar-refractivity contribution in [3.63, 3.8) is 0 Å². The molecule has 156 valence electrons. The summed E-state index contributed by atoms with van der Waals surface area (Å²) in [4.78, 5) is 15.6. The molecule has 31 heavy (non-hydrogen) atoms. The van der Waals surface area contributed by atoms with Crippen LogP contribution in [0.4, 0.5) is 5.69 Å². The lowest BCUT2D eigenvalue weighted by molar-refractivity contribution is 0.0696. The maximum atomic E-state index is 12.6. The molecule has 4 rings (SSSR count). The van der Waals surface area contributed by atoms with E-state index < -0.39 is 16.0 Å². The van der Waals surface area contributed by atoms with E-state index in [1.807, 2.05) is 48.7 Å². The summed E-state index contributed by atoms with van der Waals surface area (Å²) in [6.45, 7) is 2.05. The van der Waals surface area contributed by atoms with Gasteiger partial charge in [0.25, 0.3) is 10.0 Å². The number of nitrogens with zero attached hydrogens (tertiary/aromatic N) is 1. The first-order valence-electron chi connectivity index (χ1n) is 9.32. The summed E-state index contributed by atoms with van der Waals surface area (Å²) in [5.74, 6) is -1.11. The van der Waals surface area contributed by atoms with Gasteiger partial charge in [0.1, 0.15) is 5.01 Å². The molecule has 0 aliphatic carbocycles. The summed E-state index contributed by atoms with van der Waals surface area (Å²) in [6.07, 6.45) is 0. The van der Waals surface area contributed by atoms with Gasteiger partial charge in [0.05, 0.1) is 16.2 Å². The lowest BCUT2D eigenvalue weighted by Crippen LogP contribution is -2.13. The van der Waals surface area contributed by atoms with Crippen LogP contribution < -0.4 is 4.72 Å². The van der Waals surface area contributed by atoms with Crippen LogP contribution in [0.1, 0.15) is 15.9 Å². The standard InChI is InChI=1S/C23H18N2O4S2/c1-15-4-2-3-5-20(15)22-24-21(14-30-22)16-6-10-18(11-7-16)25-31(28,29)19-12-8-17(9-13-19)23(26)27/h2-14,25H,1H3,(H,26,27). The lowest BCUT2D eigenvalue weighted by Gasteiger charge is -2.09. The maximum absolute atomic E-state index is 12.6. The molecular formula is C23H18N2O4S2. The first-order chi connectivity index (χ1) is 14.8. The SMILES string of the molecule is Cc1ccccc1-c1nc(-c2ccc(NS(=O)(=O)c3ccc(C(=O)O)cc3)cc2)cs1. The highest BCUT2D eigenvalue weighted by Crippen LogP contribution is 2.31. The van der Waals surface area contributed by atoms with Gasteiger partial charge in [0.15, 0.2) is 0 Å². The molecule has 0 unspecified atom stereocenters. The van der Waals surface area contributed by atoms with E-state index in [-0.39, 0.29) is 10.5 Å². The normalized spacial score (nSPS) is 11.3. The number of benzene rings is 3. The minimum atomic E-state index is -3.83. The number of hydrogen-bond acceptors (Lipinski definition) is 5. The van der Waals surface area contributed by atoms with Crippen molar-refractivity contribution in [1.29, 1.82) is 0 Å². The van der Waals surface area contributed by atoms with E-state index in [0.29, 0.717) is 5.69 Å². The van der Waals surface area contributed by atoms with Gasteiger partial charge in [-0.1, -0.05) is 36.4 Å². The molecule has 2 N–H and O–H groups in total. The second-order valence-electron chi connectivity index (χ2n) is 6.87.